The van der Waals surface area contributed by atoms with Crippen LogP contribution in [0.2, 0.25) is 0 Å². The van der Waals surface area contributed by atoms with Crippen LogP contribution < -0.4 is 15.4 Å². The van der Waals surface area contributed by atoms with Gasteiger partial charge in [-0.05, 0) is 43.5 Å². The number of aliphatic hydroxyl groups is 1. The van der Waals surface area contributed by atoms with Gasteiger partial charge in [-0.25, -0.2) is 4.79 Å². The summed E-state index contributed by atoms with van der Waals surface area (Å²) in [6.07, 6.45) is 2.88. The van der Waals surface area contributed by atoms with Crippen LogP contribution in [-0.2, 0) is 0 Å². The summed E-state index contributed by atoms with van der Waals surface area (Å²) in [4.78, 5) is 12.1. The molecule has 1 fully saturated rings. The van der Waals surface area contributed by atoms with Crippen LogP contribution in [0.4, 0.5) is 10.5 Å². The highest BCUT2D eigenvalue weighted by Gasteiger charge is 2.39. The first-order valence-corrected chi connectivity index (χ1v) is 7.31. The molecule has 1 aromatic rings. The van der Waals surface area contributed by atoms with Crippen LogP contribution in [-0.4, -0.2) is 30.9 Å². The lowest BCUT2D eigenvalue weighted by atomic mass is 9.86. The van der Waals surface area contributed by atoms with Crippen molar-refractivity contribution in [3.05, 3.63) is 23.8 Å². The summed E-state index contributed by atoms with van der Waals surface area (Å²) in [6, 6.07) is 5.30. The third kappa shape index (κ3) is 3.47. The number of aliphatic hydroxyl groups excluding tert-OH is 1. The van der Waals surface area contributed by atoms with E-state index in [9.17, 15) is 9.90 Å². The Hall–Kier alpha value is -1.75. The smallest absolute Gasteiger partial charge is 0.319 e. The summed E-state index contributed by atoms with van der Waals surface area (Å²) in [7, 11) is 1.62. The largest absolute Gasteiger partial charge is 0.496 e. The lowest BCUT2D eigenvalue weighted by Crippen LogP contribution is -2.46. The molecule has 1 saturated carbocycles. The number of hydrogen-bond donors (Lipinski definition) is 3. The summed E-state index contributed by atoms with van der Waals surface area (Å²) >= 11 is 0. The first kappa shape index (κ1) is 15.6. The van der Waals surface area contributed by atoms with Gasteiger partial charge in [0.1, 0.15) is 5.75 Å². The number of carbonyl (C=O) groups excluding carboxylic acids is 1. The van der Waals surface area contributed by atoms with E-state index < -0.39 is 0 Å². The van der Waals surface area contributed by atoms with E-state index in [1.54, 1.807) is 7.11 Å². The molecule has 21 heavy (non-hydrogen) atoms. The number of aryl methyl sites for hydroxylation is 1. The van der Waals surface area contributed by atoms with E-state index in [1.807, 2.05) is 32.0 Å². The Balaban J connectivity index is 1.97. The van der Waals surface area contributed by atoms with Crippen LogP contribution in [0.3, 0.4) is 0 Å². The minimum Gasteiger partial charge on any atom is -0.496 e. The van der Waals surface area contributed by atoms with Crippen molar-refractivity contribution in [2.45, 2.75) is 39.2 Å². The van der Waals surface area contributed by atoms with Gasteiger partial charge in [-0.1, -0.05) is 13.3 Å². The predicted octanol–water partition coefficient (Wildman–Crippen LogP) is 2.68. The van der Waals surface area contributed by atoms with Crippen LogP contribution in [0.5, 0.6) is 5.75 Å². The van der Waals surface area contributed by atoms with Gasteiger partial charge in [-0.15, -0.1) is 0 Å². The SMILES string of the molecule is COc1ccc(NC(=O)NC2CCCC2(C)CO)cc1C. The number of benzene rings is 1. The van der Waals surface area contributed by atoms with E-state index in [0.717, 1.165) is 36.3 Å². The van der Waals surface area contributed by atoms with E-state index in [4.69, 9.17) is 4.74 Å². The van der Waals surface area contributed by atoms with Crippen molar-refractivity contribution >= 4 is 11.7 Å². The van der Waals surface area contributed by atoms with E-state index in [2.05, 4.69) is 10.6 Å². The van der Waals surface area contributed by atoms with Crippen molar-refractivity contribution in [1.29, 1.82) is 0 Å². The Bertz CT molecular complexity index is 518. The molecule has 0 radical (unpaired) electrons. The second-order valence-electron chi connectivity index (χ2n) is 6.04. The average Bonchev–Trinajstić information content (AvgIpc) is 2.81. The molecular weight excluding hydrogens is 268 g/mol. The number of rotatable bonds is 4. The molecule has 1 aliphatic carbocycles. The molecule has 5 heteroatoms. The van der Waals surface area contributed by atoms with Gasteiger partial charge in [0.25, 0.3) is 0 Å². The highest BCUT2D eigenvalue weighted by atomic mass is 16.5. The number of hydrogen-bond acceptors (Lipinski definition) is 3. The molecule has 2 unspecified atom stereocenters. The number of anilines is 1. The van der Waals surface area contributed by atoms with Gasteiger partial charge >= 0.3 is 6.03 Å². The fourth-order valence-corrected chi connectivity index (χ4v) is 2.95. The van der Waals surface area contributed by atoms with Gasteiger partial charge in [0.2, 0.25) is 0 Å². The van der Waals surface area contributed by atoms with Gasteiger partial charge in [-0.2, -0.15) is 0 Å². The monoisotopic (exact) mass is 292 g/mol. The molecule has 2 atom stereocenters. The van der Waals surface area contributed by atoms with Crippen molar-refractivity contribution in [3.8, 4) is 5.75 Å². The van der Waals surface area contributed by atoms with Crippen molar-refractivity contribution in [1.82, 2.24) is 5.32 Å². The predicted molar refractivity (Wildman–Crippen MR) is 82.7 cm³/mol. The molecule has 116 valence electrons. The standard InChI is InChI=1S/C16H24N2O3/c1-11-9-12(6-7-13(11)21-3)17-15(20)18-14-5-4-8-16(14,2)10-19/h6-7,9,14,19H,4-5,8,10H2,1-3H3,(H2,17,18,20). The van der Waals surface area contributed by atoms with E-state index in [0.29, 0.717) is 0 Å². The molecule has 0 spiro atoms. The fraction of sp³-hybridized carbons (Fsp3) is 0.562. The highest BCUT2D eigenvalue weighted by molar-refractivity contribution is 5.89. The number of amides is 2. The molecule has 1 aliphatic rings. The Morgan fingerprint density at radius 3 is 2.90 bits per heavy atom. The Labute approximate surface area is 125 Å². The molecule has 2 amide bonds. The molecule has 0 aromatic heterocycles. The third-order valence-electron chi connectivity index (χ3n) is 4.40. The molecule has 0 aliphatic heterocycles. The minimum atomic E-state index is -0.230. The Morgan fingerprint density at radius 1 is 1.52 bits per heavy atom. The molecule has 0 saturated heterocycles. The number of ether oxygens (including phenoxy) is 1. The van der Waals surface area contributed by atoms with Crippen molar-refractivity contribution in [2.75, 3.05) is 19.0 Å². The second kappa shape index (κ2) is 6.35. The van der Waals surface area contributed by atoms with Crippen molar-refractivity contribution < 1.29 is 14.6 Å². The van der Waals surface area contributed by atoms with E-state index in [1.165, 1.54) is 0 Å². The average molecular weight is 292 g/mol. The maximum Gasteiger partial charge on any atom is 0.319 e. The van der Waals surface area contributed by atoms with Gasteiger partial charge in [0.05, 0.1) is 13.7 Å². The Morgan fingerprint density at radius 2 is 2.29 bits per heavy atom. The first-order valence-electron chi connectivity index (χ1n) is 7.31. The summed E-state index contributed by atoms with van der Waals surface area (Å²) < 4.78 is 5.20. The van der Waals surface area contributed by atoms with Crippen LogP contribution in [0.25, 0.3) is 0 Å². The maximum absolute atomic E-state index is 12.1. The van der Waals surface area contributed by atoms with Crippen LogP contribution in [0.15, 0.2) is 18.2 Å². The number of carbonyl (C=O) groups is 1. The van der Waals surface area contributed by atoms with Crippen molar-refractivity contribution in [2.24, 2.45) is 5.41 Å². The van der Waals surface area contributed by atoms with Crippen LogP contribution in [0.1, 0.15) is 31.7 Å². The molecule has 1 aromatic carbocycles. The first-order chi connectivity index (χ1) is 9.98. The summed E-state index contributed by atoms with van der Waals surface area (Å²) in [6.45, 7) is 4.05. The zero-order valence-electron chi connectivity index (χ0n) is 12.9. The van der Waals surface area contributed by atoms with Gasteiger partial charge in [-0.3, -0.25) is 0 Å². The number of nitrogens with one attached hydrogen (secondary N) is 2. The molecule has 3 N–H and O–H groups in total. The van der Waals surface area contributed by atoms with Gasteiger partial charge in [0.15, 0.2) is 0 Å². The fourth-order valence-electron chi connectivity index (χ4n) is 2.95. The zero-order valence-corrected chi connectivity index (χ0v) is 12.9. The summed E-state index contributed by atoms with van der Waals surface area (Å²) in [5.41, 5.74) is 1.48. The van der Waals surface area contributed by atoms with Gasteiger partial charge < -0.3 is 20.5 Å². The molecule has 0 heterocycles. The van der Waals surface area contributed by atoms with E-state index >= 15 is 0 Å². The molecule has 2 rings (SSSR count). The topological polar surface area (TPSA) is 70.6 Å². The Kier molecular flexibility index (Phi) is 4.73. The maximum atomic E-state index is 12.1. The van der Waals surface area contributed by atoms with Crippen LogP contribution >= 0.6 is 0 Å². The molecular formula is C16H24N2O3. The number of urea groups is 1. The normalized spacial score (nSPS) is 24.7. The third-order valence-corrected chi connectivity index (χ3v) is 4.40. The zero-order chi connectivity index (χ0) is 15.5. The van der Waals surface area contributed by atoms with E-state index in [-0.39, 0.29) is 24.1 Å². The minimum absolute atomic E-state index is 0.0156. The lowest BCUT2D eigenvalue weighted by molar-refractivity contribution is 0.122. The molecule has 0 bridgehead atoms. The number of methoxy groups -OCH3 is 1. The highest BCUT2D eigenvalue weighted by Crippen LogP contribution is 2.37. The summed E-state index contributed by atoms with van der Waals surface area (Å²) in [5, 5.41) is 15.3. The second-order valence-corrected chi connectivity index (χ2v) is 6.04. The lowest BCUT2D eigenvalue weighted by Gasteiger charge is -2.30. The van der Waals surface area contributed by atoms with Gasteiger partial charge in [0, 0.05) is 17.1 Å². The van der Waals surface area contributed by atoms with Crippen LogP contribution in [0, 0.1) is 12.3 Å². The summed E-state index contributed by atoms with van der Waals surface area (Å²) in [5.74, 6) is 0.796. The quantitative estimate of drug-likeness (QED) is 0.799. The molecule has 5 nitrogen and oxygen atoms in total. The van der Waals surface area contributed by atoms with Crippen molar-refractivity contribution in [3.63, 3.8) is 0 Å².